The summed E-state index contributed by atoms with van der Waals surface area (Å²) in [7, 11) is 3.56. The van der Waals surface area contributed by atoms with Crippen LogP contribution in [0.4, 0.5) is 0 Å². The van der Waals surface area contributed by atoms with Crippen LogP contribution < -0.4 is 5.32 Å². The first kappa shape index (κ1) is 12.5. The lowest BCUT2D eigenvalue weighted by Crippen LogP contribution is -2.35. The summed E-state index contributed by atoms with van der Waals surface area (Å²) in [6.45, 7) is 1.32. The molecule has 0 saturated heterocycles. The Hall–Kier alpha value is -1.00. The highest BCUT2D eigenvalue weighted by molar-refractivity contribution is 8.00. The van der Waals surface area contributed by atoms with Gasteiger partial charge in [-0.1, -0.05) is 18.2 Å². The minimum absolute atomic E-state index is 0.130. The summed E-state index contributed by atoms with van der Waals surface area (Å²) in [5, 5.41) is 3.79. The lowest BCUT2D eigenvalue weighted by molar-refractivity contribution is -0.127. The molecule has 0 spiro atoms. The molecular formula is C13H18N2OS. The number of likely N-dealkylation sites (N-methyl/N-ethyl adjacent to an activating group) is 1. The first-order chi connectivity index (χ1) is 8.16. The number of hydrogen-bond acceptors (Lipinski definition) is 3. The summed E-state index contributed by atoms with van der Waals surface area (Å²) >= 11 is 1.91. The van der Waals surface area contributed by atoms with Gasteiger partial charge in [0.1, 0.15) is 0 Å². The Morgan fingerprint density at radius 3 is 2.94 bits per heavy atom. The van der Waals surface area contributed by atoms with Crippen LogP contribution in [0, 0.1) is 0 Å². The average molecular weight is 250 g/mol. The Bertz CT molecular complexity index is 381. The maximum Gasteiger partial charge on any atom is 0.236 e. The largest absolute Gasteiger partial charge is 0.348 e. The second kappa shape index (κ2) is 5.56. The van der Waals surface area contributed by atoms with Crippen LogP contribution in [0.2, 0.25) is 0 Å². The molecule has 2 rings (SSSR count). The molecule has 0 bridgehead atoms. The monoisotopic (exact) mass is 250 g/mol. The molecule has 0 radical (unpaired) electrons. The third-order valence-corrected chi connectivity index (χ3v) is 4.18. The molecule has 1 heterocycles. The molecule has 0 saturated carbocycles. The Labute approximate surface area is 107 Å². The fourth-order valence-corrected chi connectivity index (χ4v) is 3.15. The first-order valence-electron chi connectivity index (χ1n) is 5.82. The minimum Gasteiger partial charge on any atom is -0.348 e. The van der Waals surface area contributed by atoms with Gasteiger partial charge in [0.05, 0.1) is 6.54 Å². The van der Waals surface area contributed by atoms with Crippen molar-refractivity contribution in [2.75, 3.05) is 27.2 Å². The minimum atomic E-state index is 0.130. The van der Waals surface area contributed by atoms with Crippen LogP contribution in [0.25, 0.3) is 0 Å². The van der Waals surface area contributed by atoms with E-state index in [0.29, 0.717) is 11.8 Å². The van der Waals surface area contributed by atoms with E-state index in [0.717, 1.165) is 13.0 Å². The molecule has 1 unspecified atom stereocenters. The van der Waals surface area contributed by atoms with E-state index in [9.17, 15) is 4.79 Å². The summed E-state index contributed by atoms with van der Waals surface area (Å²) in [5.74, 6) is 0.130. The number of nitrogens with one attached hydrogen (secondary N) is 1. The van der Waals surface area contributed by atoms with Gasteiger partial charge in [0.15, 0.2) is 0 Å². The topological polar surface area (TPSA) is 32.3 Å². The number of nitrogens with zero attached hydrogens (tertiary/aromatic N) is 1. The average Bonchev–Trinajstić information content (AvgIpc) is 2.71. The smallest absolute Gasteiger partial charge is 0.236 e. The number of thioether (sulfide) groups is 1. The normalized spacial score (nSPS) is 17.9. The number of amides is 1. The zero-order valence-electron chi connectivity index (χ0n) is 10.3. The van der Waals surface area contributed by atoms with Crippen molar-refractivity contribution < 1.29 is 4.79 Å². The summed E-state index contributed by atoms with van der Waals surface area (Å²) in [4.78, 5) is 14.4. The molecule has 17 heavy (non-hydrogen) atoms. The van der Waals surface area contributed by atoms with Crippen molar-refractivity contribution in [2.45, 2.75) is 16.6 Å². The Balaban J connectivity index is 1.75. The Morgan fingerprint density at radius 1 is 1.47 bits per heavy atom. The first-order valence-corrected chi connectivity index (χ1v) is 6.70. The van der Waals surface area contributed by atoms with Crippen molar-refractivity contribution in [3.63, 3.8) is 0 Å². The second-order valence-electron chi connectivity index (χ2n) is 4.47. The number of benzene rings is 1. The summed E-state index contributed by atoms with van der Waals surface area (Å²) < 4.78 is 0. The predicted molar refractivity (Wildman–Crippen MR) is 71.4 cm³/mol. The lowest BCUT2D eigenvalue weighted by atomic mass is 10.1. The van der Waals surface area contributed by atoms with Crippen LogP contribution in [0.1, 0.15) is 5.56 Å². The lowest BCUT2D eigenvalue weighted by Gasteiger charge is -2.13. The number of fused-ring (bicyclic) bond motifs is 1. The molecule has 92 valence electrons. The third kappa shape index (κ3) is 3.23. The van der Waals surface area contributed by atoms with E-state index in [1.54, 1.807) is 19.0 Å². The summed E-state index contributed by atoms with van der Waals surface area (Å²) in [5.41, 5.74) is 1.43. The molecular weight excluding hydrogens is 232 g/mol. The van der Waals surface area contributed by atoms with E-state index in [1.807, 2.05) is 11.8 Å². The Kier molecular flexibility index (Phi) is 4.07. The number of hydrogen-bond donors (Lipinski definition) is 1. The van der Waals surface area contributed by atoms with Gasteiger partial charge in [-0.05, 0) is 18.1 Å². The highest BCUT2D eigenvalue weighted by atomic mass is 32.2. The number of carbonyl (C=O) groups excluding carboxylic acids is 1. The summed E-state index contributed by atoms with van der Waals surface area (Å²) in [6, 6.07) is 8.53. The fourth-order valence-electron chi connectivity index (χ4n) is 1.87. The van der Waals surface area contributed by atoms with Crippen LogP contribution in [0.15, 0.2) is 29.2 Å². The van der Waals surface area contributed by atoms with Crippen LogP contribution in [0.3, 0.4) is 0 Å². The predicted octanol–water partition coefficient (Wildman–Crippen LogP) is 1.38. The van der Waals surface area contributed by atoms with Crippen molar-refractivity contribution in [1.29, 1.82) is 0 Å². The van der Waals surface area contributed by atoms with Crippen molar-refractivity contribution >= 4 is 17.7 Å². The number of carbonyl (C=O) groups is 1. The van der Waals surface area contributed by atoms with Gasteiger partial charge in [0, 0.05) is 30.8 Å². The van der Waals surface area contributed by atoms with Crippen LogP contribution in [-0.4, -0.2) is 43.2 Å². The van der Waals surface area contributed by atoms with Crippen molar-refractivity contribution in [3.8, 4) is 0 Å². The molecule has 1 aliphatic heterocycles. The van der Waals surface area contributed by atoms with E-state index in [1.165, 1.54) is 10.5 Å². The Morgan fingerprint density at radius 2 is 2.24 bits per heavy atom. The SMILES string of the molecule is CN(C)C(=O)CNCC1Cc2ccccc2S1. The molecule has 0 aromatic heterocycles. The van der Waals surface area contributed by atoms with Gasteiger partial charge in [0.2, 0.25) is 5.91 Å². The molecule has 0 fully saturated rings. The van der Waals surface area contributed by atoms with Gasteiger partial charge in [-0.25, -0.2) is 0 Å². The molecule has 1 atom stereocenters. The van der Waals surface area contributed by atoms with E-state index >= 15 is 0 Å². The van der Waals surface area contributed by atoms with E-state index in [2.05, 4.69) is 29.6 Å². The molecule has 1 aromatic carbocycles. The van der Waals surface area contributed by atoms with Gasteiger partial charge in [-0.2, -0.15) is 0 Å². The van der Waals surface area contributed by atoms with Gasteiger partial charge >= 0.3 is 0 Å². The van der Waals surface area contributed by atoms with Crippen molar-refractivity contribution in [2.24, 2.45) is 0 Å². The molecule has 0 aliphatic carbocycles. The maximum absolute atomic E-state index is 11.4. The fraction of sp³-hybridized carbons (Fsp3) is 0.462. The van der Waals surface area contributed by atoms with E-state index in [4.69, 9.17) is 0 Å². The second-order valence-corrected chi connectivity index (χ2v) is 5.81. The summed E-state index contributed by atoms with van der Waals surface area (Å²) in [6.07, 6.45) is 1.10. The van der Waals surface area contributed by atoms with Gasteiger partial charge < -0.3 is 10.2 Å². The molecule has 1 amide bonds. The van der Waals surface area contributed by atoms with Crippen LogP contribution >= 0.6 is 11.8 Å². The van der Waals surface area contributed by atoms with E-state index in [-0.39, 0.29) is 5.91 Å². The van der Waals surface area contributed by atoms with Crippen LogP contribution in [-0.2, 0) is 11.2 Å². The third-order valence-electron chi connectivity index (χ3n) is 2.86. The van der Waals surface area contributed by atoms with Gasteiger partial charge in [0.25, 0.3) is 0 Å². The molecule has 1 aliphatic rings. The highest BCUT2D eigenvalue weighted by Crippen LogP contribution is 2.36. The number of rotatable bonds is 4. The molecule has 1 N–H and O–H groups in total. The van der Waals surface area contributed by atoms with E-state index < -0.39 is 0 Å². The zero-order valence-corrected chi connectivity index (χ0v) is 11.1. The van der Waals surface area contributed by atoms with Gasteiger partial charge in [-0.3, -0.25) is 4.79 Å². The van der Waals surface area contributed by atoms with Crippen LogP contribution in [0.5, 0.6) is 0 Å². The maximum atomic E-state index is 11.4. The van der Waals surface area contributed by atoms with Gasteiger partial charge in [-0.15, -0.1) is 11.8 Å². The zero-order chi connectivity index (χ0) is 12.3. The highest BCUT2D eigenvalue weighted by Gasteiger charge is 2.21. The quantitative estimate of drug-likeness (QED) is 0.876. The van der Waals surface area contributed by atoms with Crippen molar-refractivity contribution in [1.82, 2.24) is 10.2 Å². The molecule has 4 heteroatoms. The molecule has 1 aromatic rings. The van der Waals surface area contributed by atoms with Crippen molar-refractivity contribution in [3.05, 3.63) is 29.8 Å². The molecule has 3 nitrogen and oxygen atoms in total. The standard InChI is InChI=1S/C13H18N2OS/c1-15(2)13(16)9-14-8-11-7-10-5-3-4-6-12(10)17-11/h3-6,11,14H,7-9H2,1-2H3.